The zero-order valence-electron chi connectivity index (χ0n) is 17.4. The fourth-order valence-electron chi connectivity index (χ4n) is 3.06. The highest BCUT2D eigenvalue weighted by Gasteiger charge is 2.06. The van der Waals surface area contributed by atoms with Crippen molar-refractivity contribution in [3.05, 3.63) is 95.6 Å². The van der Waals surface area contributed by atoms with Crippen LogP contribution < -0.4 is 15.1 Å². The zero-order valence-corrected chi connectivity index (χ0v) is 17.4. The number of rotatable bonds is 9. The first-order valence-electron chi connectivity index (χ1n) is 10.1. The Bertz CT molecular complexity index is 952. The van der Waals surface area contributed by atoms with Crippen molar-refractivity contribution < 1.29 is 9.53 Å². The Morgan fingerprint density at radius 1 is 0.967 bits per heavy atom. The standard InChI is InChI=1S/C25H27N3O2/c1-3-28(19-21-8-6-5-7-9-21)23-14-10-20(11-15-23)18-26-27-25(29)22-12-16-24(17-13-22)30-4-2/h5-18H,3-4,19H2,1-2H3,(H,27,29)/b26-18-. The highest BCUT2D eigenvalue weighted by Crippen LogP contribution is 2.17. The Morgan fingerprint density at radius 3 is 2.30 bits per heavy atom. The lowest BCUT2D eigenvalue weighted by atomic mass is 10.1. The van der Waals surface area contributed by atoms with Crippen LogP contribution in [-0.4, -0.2) is 25.3 Å². The molecule has 0 bridgehead atoms. The molecule has 0 atom stereocenters. The SMILES string of the molecule is CCOc1ccc(C(=O)N/N=C\c2ccc(N(CC)Cc3ccccc3)cc2)cc1. The molecule has 0 aliphatic heterocycles. The third-order valence-electron chi connectivity index (χ3n) is 4.66. The molecule has 1 amide bonds. The van der Waals surface area contributed by atoms with Gasteiger partial charge in [0.05, 0.1) is 12.8 Å². The highest BCUT2D eigenvalue weighted by atomic mass is 16.5. The summed E-state index contributed by atoms with van der Waals surface area (Å²) in [5.74, 6) is 0.483. The van der Waals surface area contributed by atoms with Crippen LogP contribution in [0.4, 0.5) is 5.69 Å². The number of hydrogen-bond acceptors (Lipinski definition) is 4. The van der Waals surface area contributed by atoms with Gasteiger partial charge in [-0.2, -0.15) is 5.10 Å². The van der Waals surface area contributed by atoms with Crippen molar-refractivity contribution in [3.8, 4) is 5.75 Å². The largest absolute Gasteiger partial charge is 0.494 e. The predicted octanol–water partition coefficient (Wildman–Crippen LogP) is 4.88. The maximum Gasteiger partial charge on any atom is 0.271 e. The molecule has 0 aliphatic carbocycles. The average Bonchev–Trinajstić information content (AvgIpc) is 2.79. The fraction of sp³-hybridized carbons (Fsp3) is 0.200. The molecule has 3 rings (SSSR count). The lowest BCUT2D eigenvalue weighted by molar-refractivity contribution is 0.0955. The number of nitrogens with zero attached hydrogens (tertiary/aromatic N) is 2. The molecule has 0 heterocycles. The van der Waals surface area contributed by atoms with Crippen LogP contribution in [0.3, 0.4) is 0 Å². The van der Waals surface area contributed by atoms with Gasteiger partial charge in [-0.3, -0.25) is 4.79 Å². The van der Waals surface area contributed by atoms with E-state index in [-0.39, 0.29) is 5.91 Å². The Labute approximate surface area is 178 Å². The highest BCUT2D eigenvalue weighted by molar-refractivity contribution is 5.95. The second kappa shape index (κ2) is 10.8. The summed E-state index contributed by atoms with van der Waals surface area (Å²) in [6.07, 6.45) is 1.64. The summed E-state index contributed by atoms with van der Waals surface area (Å²) in [5.41, 5.74) is 6.44. The number of benzene rings is 3. The van der Waals surface area contributed by atoms with Gasteiger partial charge in [-0.1, -0.05) is 42.5 Å². The molecule has 0 radical (unpaired) electrons. The van der Waals surface area contributed by atoms with Crippen LogP contribution in [0.15, 0.2) is 84.0 Å². The summed E-state index contributed by atoms with van der Waals surface area (Å²) in [6.45, 7) is 6.44. The van der Waals surface area contributed by atoms with E-state index in [1.807, 2.05) is 25.1 Å². The number of nitrogens with one attached hydrogen (secondary N) is 1. The molecule has 3 aromatic rings. The second-order valence-corrected chi connectivity index (χ2v) is 6.75. The molecule has 3 aromatic carbocycles. The zero-order chi connectivity index (χ0) is 21.2. The Morgan fingerprint density at radius 2 is 1.67 bits per heavy atom. The molecule has 30 heavy (non-hydrogen) atoms. The van der Waals surface area contributed by atoms with Crippen molar-refractivity contribution in [1.29, 1.82) is 0 Å². The Hall–Kier alpha value is -3.60. The number of ether oxygens (including phenoxy) is 1. The minimum Gasteiger partial charge on any atom is -0.494 e. The van der Waals surface area contributed by atoms with E-state index in [9.17, 15) is 4.79 Å². The third-order valence-corrected chi connectivity index (χ3v) is 4.66. The quantitative estimate of drug-likeness (QED) is 0.411. The lowest BCUT2D eigenvalue weighted by Gasteiger charge is -2.23. The number of amides is 1. The summed E-state index contributed by atoms with van der Waals surface area (Å²) in [7, 11) is 0. The number of hydrogen-bond donors (Lipinski definition) is 1. The van der Waals surface area contributed by atoms with Gasteiger partial charge in [-0.15, -0.1) is 0 Å². The molecule has 0 fully saturated rings. The maximum absolute atomic E-state index is 12.2. The molecule has 0 saturated heterocycles. The van der Waals surface area contributed by atoms with Gasteiger partial charge in [0.25, 0.3) is 5.91 Å². The van der Waals surface area contributed by atoms with Crippen molar-refractivity contribution in [3.63, 3.8) is 0 Å². The van der Waals surface area contributed by atoms with E-state index < -0.39 is 0 Å². The van der Waals surface area contributed by atoms with E-state index in [0.29, 0.717) is 12.2 Å². The topological polar surface area (TPSA) is 53.9 Å². The van der Waals surface area contributed by atoms with Crippen molar-refractivity contribution in [2.45, 2.75) is 20.4 Å². The van der Waals surface area contributed by atoms with Gasteiger partial charge in [0.2, 0.25) is 0 Å². The normalized spacial score (nSPS) is 10.7. The number of carbonyl (C=O) groups excluding carboxylic acids is 1. The molecule has 0 unspecified atom stereocenters. The molecule has 0 aromatic heterocycles. The van der Waals surface area contributed by atoms with Gasteiger partial charge in [0, 0.05) is 24.3 Å². The molecule has 154 valence electrons. The molecule has 0 aliphatic rings. The van der Waals surface area contributed by atoms with Crippen LogP contribution in [0, 0.1) is 0 Å². The maximum atomic E-state index is 12.2. The number of carbonyl (C=O) groups is 1. The minimum atomic E-state index is -0.258. The third kappa shape index (κ3) is 5.95. The number of anilines is 1. The van der Waals surface area contributed by atoms with E-state index in [1.165, 1.54) is 5.56 Å². The van der Waals surface area contributed by atoms with E-state index in [4.69, 9.17) is 4.74 Å². The summed E-state index contributed by atoms with van der Waals surface area (Å²) < 4.78 is 5.38. The summed E-state index contributed by atoms with van der Waals surface area (Å²) in [5, 5.41) is 4.07. The molecule has 5 heteroatoms. The van der Waals surface area contributed by atoms with E-state index >= 15 is 0 Å². The van der Waals surface area contributed by atoms with Crippen LogP contribution >= 0.6 is 0 Å². The second-order valence-electron chi connectivity index (χ2n) is 6.75. The molecule has 1 N–H and O–H groups in total. The van der Waals surface area contributed by atoms with Crippen molar-refractivity contribution >= 4 is 17.8 Å². The summed E-state index contributed by atoms with van der Waals surface area (Å²) in [6, 6.07) is 25.5. The smallest absolute Gasteiger partial charge is 0.271 e. The molecular formula is C25H27N3O2. The van der Waals surface area contributed by atoms with Crippen LogP contribution in [0.5, 0.6) is 5.75 Å². The first-order chi connectivity index (χ1) is 14.7. The van der Waals surface area contributed by atoms with Gasteiger partial charge in [-0.05, 0) is 61.4 Å². The summed E-state index contributed by atoms with van der Waals surface area (Å²) >= 11 is 0. The Kier molecular flexibility index (Phi) is 7.61. The van der Waals surface area contributed by atoms with E-state index in [2.05, 4.69) is 58.7 Å². The molecule has 5 nitrogen and oxygen atoms in total. The molecular weight excluding hydrogens is 374 g/mol. The van der Waals surface area contributed by atoms with Gasteiger partial charge >= 0.3 is 0 Å². The van der Waals surface area contributed by atoms with Gasteiger partial charge in [0.1, 0.15) is 5.75 Å². The van der Waals surface area contributed by atoms with Gasteiger partial charge in [0.15, 0.2) is 0 Å². The van der Waals surface area contributed by atoms with Crippen LogP contribution in [0.1, 0.15) is 35.3 Å². The van der Waals surface area contributed by atoms with Gasteiger partial charge < -0.3 is 9.64 Å². The fourth-order valence-corrected chi connectivity index (χ4v) is 3.06. The van der Waals surface area contributed by atoms with Crippen molar-refractivity contribution in [2.75, 3.05) is 18.1 Å². The van der Waals surface area contributed by atoms with E-state index in [0.717, 1.165) is 30.1 Å². The molecule has 0 saturated carbocycles. The molecule has 0 spiro atoms. The first kappa shape index (κ1) is 21.1. The van der Waals surface area contributed by atoms with Crippen molar-refractivity contribution in [2.24, 2.45) is 5.10 Å². The van der Waals surface area contributed by atoms with Crippen LogP contribution in [0.25, 0.3) is 0 Å². The van der Waals surface area contributed by atoms with E-state index in [1.54, 1.807) is 30.5 Å². The Balaban J connectivity index is 1.56. The van der Waals surface area contributed by atoms with Crippen LogP contribution in [-0.2, 0) is 6.54 Å². The monoisotopic (exact) mass is 401 g/mol. The first-order valence-corrected chi connectivity index (χ1v) is 10.1. The van der Waals surface area contributed by atoms with Crippen LogP contribution in [0.2, 0.25) is 0 Å². The number of hydrazone groups is 1. The lowest BCUT2D eigenvalue weighted by Crippen LogP contribution is -2.21. The van der Waals surface area contributed by atoms with Gasteiger partial charge in [-0.25, -0.2) is 5.43 Å². The minimum absolute atomic E-state index is 0.258. The predicted molar refractivity (Wildman–Crippen MR) is 122 cm³/mol. The van der Waals surface area contributed by atoms with Crippen molar-refractivity contribution in [1.82, 2.24) is 5.43 Å². The summed E-state index contributed by atoms with van der Waals surface area (Å²) in [4.78, 5) is 14.5. The average molecular weight is 402 g/mol.